The molecule has 0 aliphatic carbocycles. The minimum Gasteiger partial charge on any atom is -0.493 e. The molecule has 0 unspecified atom stereocenters. The fraction of sp³-hybridized carbons (Fsp3) is 0.545. The number of aromatic hydroxyl groups is 1. The first-order chi connectivity index (χ1) is 7.03. The van der Waals surface area contributed by atoms with Gasteiger partial charge in [0.15, 0.2) is 0 Å². The Morgan fingerprint density at radius 2 is 1.69 bits per heavy atom. The number of hydrogen-bond acceptors (Lipinski definition) is 2. The Morgan fingerprint density at radius 1 is 1.19 bits per heavy atom. The Kier molecular flexibility index (Phi) is 2.92. The Morgan fingerprint density at radius 3 is 2.06 bits per heavy atom. The normalized spacial score (nSPS) is 12.9. The highest BCUT2D eigenvalue weighted by Gasteiger charge is 2.38. The third kappa shape index (κ3) is 2.46. The summed E-state index contributed by atoms with van der Waals surface area (Å²) < 4.78 is 38.3. The van der Waals surface area contributed by atoms with Crippen LogP contribution in [0.15, 0.2) is 6.07 Å². The largest absolute Gasteiger partial charge is 0.493 e. The number of hydrogen-bond donors (Lipinski definition) is 1. The molecule has 0 aliphatic heterocycles. The van der Waals surface area contributed by atoms with Gasteiger partial charge in [-0.15, -0.1) is 0 Å². The van der Waals surface area contributed by atoms with Gasteiger partial charge in [0.1, 0.15) is 0 Å². The maximum absolute atomic E-state index is 12.8. The van der Waals surface area contributed by atoms with E-state index in [-0.39, 0.29) is 17.1 Å². The lowest BCUT2D eigenvalue weighted by Gasteiger charge is -2.23. The molecule has 16 heavy (non-hydrogen) atoms. The molecule has 1 heterocycles. The van der Waals surface area contributed by atoms with Crippen LogP contribution < -0.4 is 0 Å². The molecule has 1 N–H and O–H groups in total. The molecule has 2 nitrogen and oxygen atoms in total. The lowest BCUT2D eigenvalue weighted by molar-refractivity contribution is -0.139. The molecule has 0 bridgehead atoms. The van der Waals surface area contributed by atoms with E-state index in [0.29, 0.717) is 0 Å². The number of nitrogens with zero attached hydrogens (tertiary/aromatic N) is 1. The lowest BCUT2D eigenvalue weighted by atomic mass is 9.87. The van der Waals surface area contributed by atoms with Gasteiger partial charge in [-0.1, -0.05) is 20.8 Å². The summed E-state index contributed by atoms with van der Waals surface area (Å²) in [6.07, 6.45) is -4.45. The highest BCUT2D eigenvalue weighted by atomic mass is 19.4. The summed E-state index contributed by atoms with van der Waals surface area (Å²) in [6, 6.07) is 0.933. The summed E-state index contributed by atoms with van der Waals surface area (Å²) in [5.74, 6) is -0.349. The average Bonchev–Trinajstić information content (AvgIpc) is 2.05. The van der Waals surface area contributed by atoms with Crippen LogP contribution in [-0.2, 0) is 11.6 Å². The van der Waals surface area contributed by atoms with Crippen LogP contribution in [0.4, 0.5) is 13.2 Å². The summed E-state index contributed by atoms with van der Waals surface area (Å²) in [5.41, 5.74) is -1.56. The standard InChI is InChI=1S/C11H14F3NO/c1-6-5-7(11(12,13)14)8(10(2,3)4)15-9(6)16/h5H,1-4H3,(H,15,16). The Balaban J connectivity index is 3.53. The SMILES string of the molecule is Cc1cc(C(F)(F)F)c(C(C)(C)C)nc1O. The smallest absolute Gasteiger partial charge is 0.418 e. The van der Waals surface area contributed by atoms with E-state index in [4.69, 9.17) is 0 Å². The second-order valence-corrected chi connectivity index (χ2v) is 4.77. The van der Waals surface area contributed by atoms with E-state index in [0.717, 1.165) is 6.07 Å². The number of rotatable bonds is 0. The van der Waals surface area contributed by atoms with Crippen LogP contribution in [0.2, 0.25) is 0 Å². The minimum atomic E-state index is -4.45. The van der Waals surface area contributed by atoms with E-state index in [9.17, 15) is 18.3 Å². The number of aromatic nitrogens is 1. The first kappa shape index (κ1) is 12.8. The third-order valence-electron chi connectivity index (χ3n) is 2.20. The van der Waals surface area contributed by atoms with E-state index < -0.39 is 17.2 Å². The predicted molar refractivity (Wildman–Crippen MR) is 54.3 cm³/mol. The van der Waals surface area contributed by atoms with Crippen LogP contribution >= 0.6 is 0 Å². The van der Waals surface area contributed by atoms with Gasteiger partial charge in [-0.3, -0.25) is 0 Å². The van der Waals surface area contributed by atoms with Crippen molar-refractivity contribution < 1.29 is 18.3 Å². The van der Waals surface area contributed by atoms with Crippen molar-refractivity contribution in [1.82, 2.24) is 4.98 Å². The molecule has 0 spiro atoms. The summed E-state index contributed by atoms with van der Waals surface area (Å²) in [6.45, 7) is 6.27. The second kappa shape index (κ2) is 3.64. The van der Waals surface area contributed by atoms with Crippen molar-refractivity contribution in [3.8, 4) is 5.88 Å². The lowest BCUT2D eigenvalue weighted by Crippen LogP contribution is -2.21. The third-order valence-corrected chi connectivity index (χ3v) is 2.20. The molecule has 0 aromatic carbocycles. The molecule has 0 aliphatic rings. The zero-order valence-corrected chi connectivity index (χ0v) is 9.61. The summed E-state index contributed by atoms with van der Waals surface area (Å²) in [5, 5.41) is 9.38. The Hall–Kier alpha value is -1.26. The molecule has 0 amide bonds. The molecule has 1 rings (SSSR count). The van der Waals surface area contributed by atoms with Crippen molar-refractivity contribution in [1.29, 1.82) is 0 Å². The van der Waals surface area contributed by atoms with Gasteiger partial charge < -0.3 is 5.11 Å². The first-order valence-electron chi connectivity index (χ1n) is 4.82. The molecular weight excluding hydrogens is 219 g/mol. The van der Waals surface area contributed by atoms with Crippen LogP contribution in [0, 0.1) is 6.92 Å². The van der Waals surface area contributed by atoms with Crippen molar-refractivity contribution in [2.75, 3.05) is 0 Å². The molecule has 1 aromatic heterocycles. The zero-order valence-electron chi connectivity index (χ0n) is 9.61. The molecule has 0 saturated heterocycles. The maximum atomic E-state index is 12.8. The fourth-order valence-corrected chi connectivity index (χ4v) is 1.39. The van der Waals surface area contributed by atoms with E-state index in [1.807, 2.05) is 0 Å². The average molecular weight is 233 g/mol. The van der Waals surface area contributed by atoms with Gasteiger partial charge in [0.25, 0.3) is 0 Å². The molecule has 0 atom stereocenters. The van der Waals surface area contributed by atoms with Crippen LogP contribution in [0.5, 0.6) is 5.88 Å². The number of aryl methyl sites for hydroxylation is 1. The van der Waals surface area contributed by atoms with Gasteiger partial charge in [0.2, 0.25) is 5.88 Å². The number of alkyl halides is 3. The van der Waals surface area contributed by atoms with Crippen molar-refractivity contribution in [2.45, 2.75) is 39.3 Å². The van der Waals surface area contributed by atoms with E-state index in [1.165, 1.54) is 6.92 Å². The summed E-state index contributed by atoms with van der Waals surface area (Å²) >= 11 is 0. The van der Waals surface area contributed by atoms with E-state index in [2.05, 4.69) is 4.98 Å². The Bertz CT molecular complexity index is 366. The topological polar surface area (TPSA) is 33.1 Å². The number of halogens is 3. The van der Waals surface area contributed by atoms with Gasteiger partial charge in [0, 0.05) is 11.0 Å². The highest BCUT2D eigenvalue weighted by Crippen LogP contribution is 2.38. The molecule has 90 valence electrons. The second-order valence-electron chi connectivity index (χ2n) is 4.77. The van der Waals surface area contributed by atoms with Crippen LogP contribution in [0.1, 0.15) is 37.6 Å². The minimum absolute atomic E-state index is 0.125. The molecule has 0 fully saturated rings. The van der Waals surface area contributed by atoms with Crippen LogP contribution in [0.25, 0.3) is 0 Å². The van der Waals surface area contributed by atoms with Crippen LogP contribution in [0.3, 0.4) is 0 Å². The van der Waals surface area contributed by atoms with Gasteiger partial charge >= 0.3 is 6.18 Å². The van der Waals surface area contributed by atoms with Crippen molar-refractivity contribution in [3.63, 3.8) is 0 Å². The van der Waals surface area contributed by atoms with Gasteiger partial charge in [-0.05, 0) is 13.0 Å². The van der Waals surface area contributed by atoms with Gasteiger partial charge in [-0.25, -0.2) is 4.98 Å². The van der Waals surface area contributed by atoms with Crippen LogP contribution in [-0.4, -0.2) is 10.1 Å². The molecular formula is C11H14F3NO. The number of pyridine rings is 1. The van der Waals surface area contributed by atoms with Crippen molar-refractivity contribution in [3.05, 3.63) is 22.9 Å². The molecule has 5 heteroatoms. The predicted octanol–water partition coefficient (Wildman–Crippen LogP) is 3.41. The van der Waals surface area contributed by atoms with E-state index >= 15 is 0 Å². The molecule has 1 aromatic rings. The quantitative estimate of drug-likeness (QED) is 0.744. The van der Waals surface area contributed by atoms with E-state index in [1.54, 1.807) is 20.8 Å². The monoisotopic (exact) mass is 233 g/mol. The first-order valence-corrected chi connectivity index (χ1v) is 4.82. The van der Waals surface area contributed by atoms with Crippen molar-refractivity contribution >= 4 is 0 Å². The Labute approximate surface area is 92.1 Å². The zero-order chi connectivity index (χ0) is 12.7. The maximum Gasteiger partial charge on any atom is 0.418 e. The summed E-state index contributed by atoms with van der Waals surface area (Å²) in [7, 11) is 0. The molecule has 0 radical (unpaired) electrons. The van der Waals surface area contributed by atoms with Gasteiger partial charge in [-0.2, -0.15) is 13.2 Å². The summed E-state index contributed by atoms with van der Waals surface area (Å²) in [4.78, 5) is 3.65. The molecule has 0 saturated carbocycles. The van der Waals surface area contributed by atoms with Crippen molar-refractivity contribution in [2.24, 2.45) is 0 Å². The fourth-order valence-electron chi connectivity index (χ4n) is 1.39. The van der Waals surface area contributed by atoms with Gasteiger partial charge in [0.05, 0.1) is 11.3 Å². The highest BCUT2D eigenvalue weighted by molar-refractivity contribution is 5.37.